The quantitative estimate of drug-likeness (QED) is 0.331. The number of anilines is 1. The monoisotopic (exact) mass is 433 g/mol. The third-order valence-electron chi connectivity index (χ3n) is 4.59. The Kier molecular flexibility index (Phi) is 5.84. The number of thioether (sulfide) groups is 1. The van der Waals surface area contributed by atoms with Gasteiger partial charge in [-0.2, -0.15) is 10.4 Å². The molecule has 3 aromatic heterocycles. The number of carbonyl (C=O) groups is 1. The third-order valence-corrected chi connectivity index (χ3v) is 6.56. The fourth-order valence-corrected chi connectivity index (χ4v) is 4.82. The number of fused-ring (bicyclic) bond motifs is 1. The van der Waals surface area contributed by atoms with E-state index in [1.165, 1.54) is 0 Å². The number of nitrogens with one attached hydrogen (secondary N) is 1. The highest BCUT2D eigenvalue weighted by Crippen LogP contribution is 2.31. The number of thiophene rings is 1. The Morgan fingerprint density at radius 2 is 2.13 bits per heavy atom. The van der Waals surface area contributed by atoms with Gasteiger partial charge in [-0.15, -0.1) is 23.1 Å². The molecule has 3 heterocycles. The second kappa shape index (κ2) is 8.69. The molecule has 0 radical (unpaired) electrons. The minimum absolute atomic E-state index is 0.204. The van der Waals surface area contributed by atoms with Gasteiger partial charge in [0.15, 0.2) is 5.65 Å². The van der Waals surface area contributed by atoms with E-state index in [1.807, 2.05) is 61.8 Å². The molecule has 0 atom stereocenters. The van der Waals surface area contributed by atoms with Crippen LogP contribution in [0.4, 0.5) is 5.69 Å². The van der Waals surface area contributed by atoms with Crippen LogP contribution in [0.1, 0.15) is 22.5 Å². The van der Waals surface area contributed by atoms with Gasteiger partial charge in [-0.05, 0) is 36.6 Å². The maximum absolute atomic E-state index is 13.4. The van der Waals surface area contributed by atoms with Gasteiger partial charge in [0.25, 0.3) is 5.91 Å². The highest BCUT2D eigenvalue weighted by molar-refractivity contribution is 7.99. The number of benzene rings is 1. The van der Waals surface area contributed by atoms with Gasteiger partial charge in [0.1, 0.15) is 0 Å². The molecule has 1 N–H and O–H groups in total. The molecule has 4 rings (SSSR count). The van der Waals surface area contributed by atoms with Crippen molar-refractivity contribution in [2.75, 3.05) is 11.1 Å². The molecule has 0 unspecified atom stereocenters. The van der Waals surface area contributed by atoms with Gasteiger partial charge >= 0.3 is 0 Å². The highest BCUT2D eigenvalue weighted by atomic mass is 32.2. The molecule has 0 spiro atoms. The zero-order chi connectivity index (χ0) is 21.1. The fraction of sp³-hybridized carbons (Fsp3) is 0.182. The first kappa shape index (κ1) is 20.1. The van der Waals surface area contributed by atoms with Gasteiger partial charge in [0, 0.05) is 24.1 Å². The minimum atomic E-state index is -0.204. The molecule has 0 bridgehead atoms. The Balaban J connectivity index is 1.75. The van der Waals surface area contributed by atoms with Crippen molar-refractivity contribution in [3.8, 4) is 16.6 Å². The first-order valence-electron chi connectivity index (χ1n) is 9.37. The summed E-state index contributed by atoms with van der Waals surface area (Å²) in [6.45, 7) is 1.89. The van der Waals surface area contributed by atoms with Crippen molar-refractivity contribution in [3.05, 3.63) is 59.1 Å². The zero-order valence-corrected chi connectivity index (χ0v) is 18.2. The van der Waals surface area contributed by atoms with Gasteiger partial charge in [0.05, 0.1) is 39.0 Å². The van der Waals surface area contributed by atoms with Crippen molar-refractivity contribution in [2.24, 2.45) is 7.05 Å². The molecule has 1 amide bonds. The Morgan fingerprint density at radius 1 is 1.30 bits per heavy atom. The molecule has 4 aromatic rings. The van der Waals surface area contributed by atoms with Crippen molar-refractivity contribution in [3.63, 3.8) is 0 Å². The van der Waals surface area contributed by atoms with Crippen LogP contribution in [-0.4, -0.2) is 26.4 Å². The summed E-state index contributed by atoms with van der Waals surface area (Å²) in [4.78, 5) is 20.0. The number of aryl methyl sites for hydroxylation is 2. The lowest BCUT2D eigenvalue weighted by molar-refractivity contribution is 0.102. The number of para-hydroxylation sites is 1. The topological polar surface area (TPSA) is 83.6 Å². The van der Waals surface area contributed by atoms with E-state index < -0.39 is 0 Å². The first-order chi connectivity index (χ1) is 14.6. The van der Waals surface area contributed by atoms with Crippen LogP contribution in [0.5, 0.6) is 0 Å². The normalized spacial score (nSPS) is 10.8. The molecule has 0 saturated carbocycles. The Hall–Kier alpha value is -3.15. The van der Waals surface area contributed by atoms with E-state index in [1.54, 1.807) is 27.8 Å². The van der Waals surface area contributed by atoms with E-state index in [-0.39, 0.29) is 5.91 Å². The van der Waals surface area contributed by atoms with Crippen LogP contribution in [0.3, 0.4) is 0 Å². The van der Waals surface area contributed by atoms with Crippen LogP contribution in [0.15, 0.2) is 52.7 Å². The summed E-state index contributed by atoms with van der Waals surface area (Å²) in [5, 5.41) is 19.1. The number of amides is 1. The summed E-state index contributed by atoms with van der Waals surface area (Å²) in [5.41, 5.74) is 3.47. The zero-order valence-electron chi connectivity index (χ0n) is 16.5. The Morgan fingerprint density at radius 3 is 2.90 bits per heavy atom. The van der Waals surface area contributed by atoms with Crippen LogP contribution in [0.2, 0.25) is 0 Å². The minimum Gasteiger partial charge on any atom is -0.321 e. The maximum atomic E-state index is 13.4. The lowest BCUT2D eigenvalue weighted by Gasteiger charge is -2.12. The second-order valence-electron chi connectivity index (χ2n) is 6.65. The smallest absolute Gasteiger partial charge is 0.256 e. The summed E-state index contributed by atoms with van der Waals surface area (Å²) >= 11 is 3.14. The molecule has 0 saturated heterocycles. The molecular formula is C22H19N5OS2. The van der Waals surface area contributed by atoms with Crippen molar-refractivity contribution < 1.29 is 4.79 Å². The van der Waals surface area contributed by atoms with Crippen LogP contribution >= 0.6 is 23.1 Å². The van der Waals surface area contributed by atoms with E-state index >= 15 is 0 Å². The predicted molar refractivity (Wildman–Crippen MR) is 122 cm³/mol. The predicted octanol–water partition coefficient (Wildman–Crippen LogP) is 5.26. The molecule has 0 aliphatic carbocycles. The van der Waals surface area contributed by atoms with Gasteiger partial charge in [-0.25, -0.2) is 4.98 Å². The number of nitrogens with zero attached hydrogens (tertiary/aromatic N) is 4. The molecule has 1 aromatic carbocycles. The number of nitriles is 1. The number of rotatable bonds is 6. The lowest BCUT2D eigenvalue weighted by Crippen LogP contribution is -2.14. The van der Waals surface area contributed by atoms with Crippen molar-refractivity contribution in [1.29, 1.82) is 5.26 Å². The summed E-state index contributed by atoms with van der Waals surface area (Å²) in [6, 6.07) is 15.6. The van der Waals surface area contributed by atoms with Gasteiger partial charge < -0.3 is 5.32 Å². The van der Waals surface area contributed by atoms with E-state index in [0.717, 1.165) is 32.2 Å². The first-order valence-corrected chi connectivity index (χ1v) is 11.2. The average Bonchev–Trinajstić information content (AvgIpc) is 3.37. The van der Waals surface area contributed by atoms with Gasteiger partial charge in [-0.3, -0.25) is 9.48 Å². The van der Waals surface area contributed by atoms with Crippen LogP contribution in [0, 0.1) is 18.3 Å². The SMILES string of the molecule is Cc1nn(C)c2nc(-c3cccs3)cc(C(=O)Nc3ccccc3SCCC#N)c12. The van der Waals surface area contributed by atoms with E-state index in [4.69, 9.17) is 10.2 Å². The fourth-order valence-electron chi connectivity index (χ4n) is 3.27. The Bertz CT molecular complexity index is 1250. The number of hydrogen-bond acceptors (Lipinski definition) is 6. The van der Waals surface area contributed by atoms with Crippen molar-refractivity contribution in [2.45, 2.75) is 18.2 Å². The molecule has 0 fully saturated rings. The molecule has 8 heteroatoms. The van der Waals surface area contributed by atoms with Crippen molar-refractivity contribution in [1.82, 2.24) is 14.8 Å². The summed E-state index contributed by atoms with van der Waals surface area (Å²) in [6.07, 6.45) is 0.455. The summed E-state index contributed by atoms with van der Waals surface area (Å²) < 4.78 is 1.71. The van der Waals surface area contributed by atoms with E-state index in [2.05, 4.69) is 16.5 Å². The standard InChI is InChI=1S/C22H19N5OS2/c1-14-20-15(13-17(19-9-5-11-29-19)24-21(20)27(2)26-14)22(28)25-16-7-3-4-8-18(16)30-12-6-10-23/h3-5,7-9,11,13H,6,12H2,1-2H3,(H,25,28). The number of pyridine rings is 1. The Labute approximate surface area is 182 Å². The molecule has 6 nitrogen and oxygen atoms in total. The van der Waals surface area contributed by atoms with Crippen LogP contribution < -0.4 is 5.32 Å². The second-order valence-corrected chi connectivity index (χ2v) is 8.73. The number of hydrogen-bond donors (Lipinski definition) is 1. The van der Waals surface area contributed by atoms with Gasteiger partial charge in [0.2, 0.25) is 0 Å². The largest absolute Gasteiger partial charge is 0.321 e. The van der Waals surface area contributed by atoms with E-state index in [0.29, 0.717) is 23.4 Å². The molecule has 0 aliphatic heterocycles. The molecule has 0 aliphatic rings. The molecule has 150 valence electrons. The maximum Gasteiger partial charge on any atom is 0.256 e. The number of aromatic nitrogens is 3. The average molecular weight is 434 g/mol. The summed E-state index contributed by atoms with van der Waals surface area (Å²) in [7, 11) is 1.84. The third kappa shape index (κ3) is 3.95. The number of carbonyl (C=O) groups excluding carboxylic acids is 1. The molecular weight excluding hydrogens is 414 g/mol. The molecule has 30 heavy (non-hydrogen) atoms. The summed E-state index contributed by atoms with van der Waals surface area (Å²) in [5.74, 6) is 0.470. The van der Waals surface area contributed by atoms with Gasteiger partial charge in [-0.1, -0.05) is 18.2 Å². The van der Waals surface area contributed by atoms with Crippen LogP contribution in [0.25, 0.3) is 21.6 Å². The van der Waals surface area contributed by atoms with E-state index in [9.17, 15) is 4.79 Å². The van der Waals surface area contributed by atoms with Crippen molar-refractivity contribution >= 4 is 45.7 Å². The lowest BCUT2D eigenvalue weighted by atomic mass is 10.1. The highest BCUT2D eigenvalue weighted by Gasteiger charge is 2.20. The van der Waals surface area contributed by atoms with Crippen LogP contribution in [-0.2, 0) is 7.05 Å².